The zero-order chi connectivity index (χ0) is 19.3. The fraction of sp³-hybridized carbons (Fsp3) is 0.278. The largest absolute Gasteiger partial charge is 0.468 e. The number of hydrogen-bond donors (Lipinski definition) is 0. The van der Waals surface area contributed by atoms with Crippen LogP contribution in [0.25, 0.3) is 0 Å². The molecule has 26 heavy (non-hydrogen) atoms. The van der Waals surface area contributed by atoms with Crippen molar-refractivity contribution in [3.05, 3.63) is 58.4 Å². The average Bonchev–Trinajstić information content (AvgIpc) is 2.66. The Morgan fingerprint density at radius 2 is 1.50 bits per heavy atom. The van der Waals surface area contributed by atoms with Crippen molar-refractivity contribution in [1.29, 1.82) is 0 Å². The molecule has 1 aliphatic rings. The first-order chi connectivity index (χ1) is 12.4. The van der Waals surface area contributed by atoms with Gasteiger partial charge < -0.3 is 19.1 Å². The molecular weight excluding hydrogens is 362 g/mol. The molecule has 0 amide bonds. The van der Waals surface area contributed by atoms with Crippen LogP contribution in [0.1, 0.15) is 11.5 Å². The smallest absolute Gasteiger partial charge is 0.336 e. The van der Waals surface area contributed by atoms with Crippen LogP contribution < -0.4 is 0 Å². The summed E-state index contributed by atoms with van der Waals surface area (Å²) in [6.07, 6.45) is 2.87. The number of carbonyl (C=O) groups is 3. The van der Waals surface area contributed by atoms with E-state index in [2.05, 4.69) is 4.74 Å². The quantitative estimate of drug-likeness (QED) is 0.571. The van der Waals surface area contributed by atoms with Gasteiger partial charge in [0.25, 0.3) is 0 Å². The van der Waals surface area contributed by atoms with Gasteiger partial charge in [-0.1, -0.05) is 29.8 Å². The monoisotopic (exact) mass is 379 g/mol. The van der Waals surface area contributed by atoms with E-state index in [0.717, 1.165) is 0 Å². The second kappa shape index (κ2) is 8.53. The molecule has 0 aromatic heterocycles. The Bertz CT molecular complexity index is 752. The van der Waals surface area contributed by atoms with E-state index >= 15 is 0 Å². The van der Waals surface area contributed by atoms with Gasteiger partial charge in [0.2, 0.25) is 0 Å². The number of methoxy groups -OCH3 is 3. The summed E-state index contributed by atoms with van der Waals surface area (Å²) in [6.45, 7) is -0.188. The Labute approximate surface area is 155 Å². The third-order valence-electron chi connectivity index (χ3n) is 3.83. The topological polar surface area (TPSA) is 82.1 Å². The van der Waals surface area contributed by atoms with Crippen molar-refractivity contribution < 1.29 is 28.6 Å². The molecule has 0 radical (unpaired) electrons. The van der Waals surface area contributed by atoms with E-state index < -0.39 is 23.8 Å². The SMILES string of the molecule is COC(=O)CN1C=C(C(=O)OC)C(c2ccccc2Cl)C(C(=O)OC)=C1. The molecule has 1 aliphatic heterocycles. The molecule has 1 heterocycles. The highest BCUT2D eigenvalue weighted by Gasteiger charge is 2.36. The van der Waals surface area contributed by atoms with Gasteiger partial charge in [-0.2, -0.15) is 0 Å². The molecule has 0 spiro atoms. The minimum atomic E-state index is -0.794. The third kappa shape index (κ3) is 4.05. The highest BCUT2D eigenvalue weighted by Crippen LogP contribution is 2.39. The minimum absolute atomic E-state index is 0.146. The molecular formula is C18H18ClNO6. The molecule has 8 heteroatoms. The predicted octanol–water partition coefficient (Wildman–Crippen LogP) is 2.03. The first-order valence-electron chi connectivity index (χ1n) is 7.60. The van der Waals surface area contributed by atoms with Gasteiger partial charge >= 0.3 is 17.9 Å². The van der Waals surface area contributed by atoms with Crippen molar-refractivity contribution >= 4 is 29.5 Å². The third-order valence-corrected chi connectivity index (χ3v) is 4.17. The van der Waals surface area contributed by atoms with Crippen molar-refractivity contribution in [3.8, 4) is 0 Å². The van der Waals surface area contributed by atoms with Crippen LogP contribution in [0.4, 0.5) is 0 Å². The lowest BCUT2D eigenvalue weighted by molar-refractivity contribution is -0.142. The van der Waals surface area contributed by atoms with Gasteiger partial charge in [0.05, 0.1) is 38.4 Å². The number of esters is 3. The van der Waals surface area contributed by atoms with Gasteiger partial charge in [0.1, 0.15) is 6.54 Å². The van der Waals surface area contributed by atoms with Gasteiger partial charge in [-0.15, -0.1) is 0 Å². The van der Waals surface area contributed by atoms with E-state index in [1.54, 1.807) is 24.3 Å². The standard InChI is InChI=1S/C18H18ClNO6/c1-24-15(21)10-20-8-12(17(22)25-2)16(13(9-20)18(23)26-3)11-6-4-5-7-14(11)19/h4-9,16H,10H2,1-3H3. The number of carbonyl (C=O) groups excluding carboxylic acids is 3. The van der Waals surface area contributed by atoms with Crippen LogP contribution >= 0.6 is 11.6 Å². The Balaban J connectivity index is 2.60. The molecule has 2 rings (SSSR count). The Hall–Kier alpha value is -2.80. The Morgan fingerprint density at radius 3 is 1.96 bits per heavy atom. The summed E-state index contributed by atoms with van der Waals surface area (Å²) in [6, 6.07) is 6.84. The van der Waals surface area contributed by atoms with E-state index in [0.29, 0.717) is 10.6 Å². The lowest BCUT2D eigenvalue weighted by Gasteiger charge is -2.29. The molecule has 0 unspecified atom stereocenters. The zero-order valence-electron chi connectivity index (χ0n) is 14.5. The first-order valence-corrected chi connectivity index (χ1v) is 7.97. The summed E-state index contributed by atoms with van der Waals surface area (Å²) in [5.74, 6) is -2.64. The van der Waals surface area contributed by atoms with Gasteiger partial charge in [0, 0.05) is 17.4 Å². The number of halogens is 1. The maximum Gasteiger partial charge on any atom is 0.336 e. The van der Waals surface area contributed by atoms with Gasteiger partial charge in [0.15, 0.2) is 0 Å². The number of ether oxygens (including phenoxy) is 3. The number of hydrogen-bond acceptors (Lipinski definition) is 7. The fourth-order valence-corrected chi connectivity index (χ4v) is 2.88. The summed E-state index contributed by atoms with van der Waals surface area (Å²) >= 11 is 6.28. The second-order valence-corrected chi connectivity index (χ2v) is 5.76. The average molecular weight is 380 g/mol. The Kier molecular flexibility index (Phi) is 6.41. The van der Waals surface area contributed by atoms with Crippen molar-refractivity contribution in [2.24, 2.45) is 0 Å². The van der Waals surface area contributed by atoms with E-state index in [4.69, 9.17) is 21.1 Å². The lowest BCUT2D eigenvalue weighted by Crippen LogP contribution is -2.31. The molecule has 7 nitrogen and oxygen atoms in total. The Morgan fingerprint density at radius 1 is 0.962 bits per heavy atom. The van der Waals surface area contributed by atoms with Crippen LogP contribution in [0.5, 0.6) is 0 Å². The molecule has 138 valence electrons. The van der Waals surface area contributed by atoms with Crippen molar-refractivity contribution in [3.63, 3.8) is 0 Å². The molecule has 0 saturated heterocycles. The van der Waals surface area contributed by atoms with Gasteiger partial charge in [-0.05, 0) is 11.6 Å². The van der Waals surface area contributed by atoms with E-state index in [1.807, 2.05) is 0 Å². The second-order valence-electron chi connectivity index (χ2n) is 5.36. The number of benzene rings is 1. The maximum absolute atomic E-state index is 12.4. The van der Waals surface area contributed by atoms with Crippen LogP contribution in [-0.4, -0.2) is 50.7 Å². The van der Waals surface area contributed by atoms with Crippen molar-refractivity contribution in [2.45, 2.75) is 5.92 Å². The molecule has 0 N–H and O–H groups in total. The van der Waals surface area contributed by atoms with Crippen molar-refractivity contribution in [2.75, 3.05) is 27.9 Å². The van der Waals surface area contributed by atoms with Crippen LogP contribution in [-0.2, 0) is 28.6 Å². The van der Waals surface area contributed by atoms with E-state index in [1.165, 1.54) is 38.6 Å². The summed E-state index contributed by atoms with van der Waals surface area (Å²) in [4.78, 5) is 37.7. The van der Waals surface area contributed by atoms with Crippen LogP contribution in [0.2, 0.25) is 5.02 Å². The predicted molar refractivity (Wildman–Crippen MR) is 93.1 cm³/mol. The minimum Gasteiger partial charge on any atom is -0.468 e. The summed E-state index contributed by atoms with van der Waals surface area (Å²) in [5, 5.41) is 0.378. The van der Waals surface area contributed by atoms with E-state index in [9.17, 15) is 14.4 Å². The molecule has 1 aromatic rings. The van der Waals surface area contributed by atoms with Crippen LogP contribution in [0.3, 0.4) is 0 Å². The van der Waals surface area contributed by atoms with Crippen LogP contribution in [0.15, 0.2) is 47.8 Å². The molecule has 1 aromatic carbocycles. The van der Waals surface area contributed by atoms with Crippen molar-refractivity contribution in [1.82, 2.24) is 4.90 Å². The summed E-state index contributed by atoms with van der Waals surface area (Å²) in [5.41, 5.74) is 0.833. The maximum atomic E-state index is 12.4. The van der Waals surface area contributed by atoms with Crippen LogP contribution in [0, 0.1) is 0 Å². The summed E-state index contributed by atoms with van der Waals surface area (Å²) in [7, 11) is 3.70. The van der Waals surface area contributed by atoms with E-state index in [-0.39, 0.29) is 17.7 Å². The number of rotatable bonds is 5. The highest BCUT2D eigenvalue weighted by molar-refractivity contribution is 6.31. The van der Waals surface area contributed by atoms with Gasteiger partial charge in [-0.3, -0.25) is 4.79 Å². The van der Waals surface area contributed by atoms with Gasteiger partial charge in [-0.25, -0.2) is 9.59 Å². The molecule has 0 fully saturated rings. The molecule has 0 bridgehead atoms. The summed E-state index contributed by atoms with van der Waals surface area (Å²) < 4.78 is 14.3. The first kappa shape index (κ1) is 19.5. The fourth-order valence-electron chi connectivity index (χ4n) is 2.64. The lowest BCUT2D eigenvalue weighted by atomic mass is 9.83. The highest BCUT2D eigenvalue weighted by atomic mass is 35.5. The molecule has 0 saturated carbocycles. The molecule has 0 atom stereocenters. The molecule has 0 aliphatic carbocycles. The number of nitrogens with zero attached hydrogens (tertiary/aromatic N) is 1. The zero-order valence-corrected chi connectivity index (χ0v) is 15.3. The normalized spacial score (nSPS) is 14.2.